The largest absolute Gasteiger partial charge is 0.324 e. The van der Waals surface area contributed by atoms with Gasteiger partial charge in [0.1, 0.15) is 5.82 Å². The Kier molecular flexibility index (Phi) is 4.71. The van der Waals surface area contributed by atoms with Gasteiger partial charge in [-0.25, -0.2) is 14.1 Å². The average molecular weight is 364 g/mol. The molecule has 5 nitrogen and oxygen atoms in total. The lowest BCUT2D eigenvalue weighted by Gasteiger charge is -2.36. The van der Waals surface area contributed by atoms with E-state index in [0.717, 1.165) is 37.7 Å². The van der Waals surface area contributed by atoms with Crippen molar-refractivity contribution in [1.82, 2.24) is 14.8 Å². The van der Waals surface area contributed by atoms with Crippen LogP contribution in [-0.2, 0) is 10.2 Å². The molecule has 0 unspecified atom stereocenters. The van der Waals surface area contributed by atoms with Gasteiger partial charge in [-0.3, -0.25) is 4.79 Å². The Hall–Kier alpha value is -3.02. The standard InChI is InChI=1S/C21H21FN4O/c22-17-7-4-6-16(14-17)21(10-2-1-3-11-21)20(27)25-18-8-9-19(23-15-18)26-13-5-12-24-26/h4-9,12-15H,1-3,10-11H2,(H,25,27). The van der Waals surface area contributed by atoms with E-state index < -0.39 is 5.41 Å². The van der Waals surface area contributed by atoms with Crippen molar-refractivity contribution in [3.63, 3.8) is 0 Å². The monoisotopic (exact) mass is 364 g/mol. The summed E-state index contributed by atoms with van der Waals surface area (Å²) < 4.78 is 15.5. The normalized spacial score (nSPS) is 16.0. The Morgan fingerprint density at radius 1 is 1.11 bits per heavy atom. The molecular formula is C21H21FN4O. The van der Waals surface area contributed by atoms with Crippen LogP contribution in [0.2, 0.25) is 0 Å². The van der Waals surface area contributed by atoms with E-state index in [0.29, 0.717) is 11.5 Å². The predicted molar refractivity (Wildman–Crippen MR) is 101 cm³/mol. The van der Waals surface area contributed by atoms with Crippen LogP contribution >= 0.6 is 0 Å². The van der Waals surface area contributed by atoms with E-state index >= 15 is 0 Å². The summed E-state index contributed by atoms with van der Waals surface area (Å²) in [5.41, 5.74) is 0.680. The fourth-order valence-electron chi connectivity index (χ4n) is 3.84. The smallest absolute Gasteiger partial charge is 0.235 e. The number of nitrogens with one attached hydrogen (secondary N) is 1. The van der Waals surface area contributed by atoms with Crippen molar-refractivity contribution in [2.45, 2.75) is 37.5 Å². The molecule has 6 heteroatoms. The van der Waals surface area contributed by atoms with Gasteiger partial charge in [0.05, 0.1) is 17.3 Å². The highest BCUT2D eigenvalue weighted by atomic mass is 19.1. The van der Waals surface area contributed by atoms with E-state index in [1.807, 2.05) is 24.4 Å². The first-order valence-electron chi connectivity index (χ1n) is 9.21. The van der Waals surface area contributed by atoms with E-state index in [1.54, 1.807) is 29.2 Å². The van der Waals surface area contributed by atoms with Gasteiger partial charge in [-0.2, -0.15) is 5.10 Å². The van der Waals surface area contributed by atoms with Gasteiger partial charge in [0, 0.05) is 12.4 Å². The number of carbonyl (C=O) groups excluding carboxylic acids is 1. The second-order valence-electron chi connectivity index (χ2n) is 6.96. The summed E-state index contributed by atoms with van der Waals surface area (Å²) in [6.45, 7) is 0. The Balaban J connectivity index is 1.59. The molecule has 1 fully saturated rings. The van der Waals surface area contributed by atoms with Crippen molar-refractivity contribution in [2.75, 3.05) is 5.32 Å². The minimum atomic E-state index is -0.693. The highest BCUT2D eigenvalue weighted by molar-refractivity contribution is 5.99. The molecule has 1 amide bonds. The zero-order valence-electron chi connectivity index (χ0n) is 14.9. The van der Waals surface area contributed by atoms with Crippen molar-refractivity contribution in [3.8, 4) is 5.82 Å². The lowest BCUT2D eigenvalue weighted by atomic mass is 9.68. The SMILES string of the molecule is O=C(Nc1ccc(-n2cccn2)nc1)C1(c2cccc(F)c2)CCCCC1. The van der Waals surface area contributed by atoms with Crippen molar-refractivity contribution in [2.24, 2.45) is 0 Å². The first kappa shape index (κ1) is 17.4. The zero-order chi connectivity index (χ0) is 18.7. The summed E-state index contributed by atoms with van der Waals surface area (Å²) in [7, 11) is 0. The minimum absolute atomic E-state index is 0.0959. The molecule has 0 atom stereocenters. The fourth-order valence-corrected chi connectivity index (χ4v) is 3.84. The lowest BCUT2D eigenvalue weighted by Crippen LogP contribution is -2.42. The van der Waals surface area contributed by atoms with E-state index in [2.05, 4.69) is 15.4 Å². The van der Waals surface area contributed by atoms with Crippen LogP contribution in [0.4, 0.5) is 10.1 Å². The highest BCUT2D eigenvalue weighted by Crippen LogP contribution is 2.40. The second kappa shape index (κ2) is 7.31. The van der Waals surface area contributed by atoms with Crippen molar-refractivity contribution in [3.05, 3.63) is 72.4 Å². The maximum absolute atomic E-state index is 13.8. The number of rotatable bonds is 4. The number of hydrogen-bond acceptors (Lipinski definition) is 3. The maximum atomic E-state index is 13.8. The zero-order valence-corrected chi connectivity index (χ0v) is 14.9. The molecule has 2 aromatic heterocycles. The first-order chi connectivity index (χ1) is 13.2. The molecule has 3 aromatic rings. The second-order valence-corrected chi connectivity index (χ2v) is 6.96. The summed E-state index contributed by atoms with van der Waals surface area (Å²) in [5.74, 6) is 0.271. The maximum Gasteiger partial charge on any atom is 0.235 e. The first-order valence-corrected chi connectivity index (χ1v) is 9.21. The summed E-state index contributed by atoms with van der Waals surface area (Å²) in [5, 5.41) is 7.13. The summed E-state index contributed by atoms with van der Waals surface area (Å²) in [6.07, 6.45) is 9.58. The molecule has 1 aromatic carbocycles. The van der Waals surface area contributed by atoms with Crippen LogP contribution in [0.15, 0.2) is 61.1 Å². The average Bonchev–Trinajstić information content (AvgIpc) is 3.24. The number of hydrogen-bond donors (Lipinski definition) is 1. The quantitative estimate of drug-likeness (QED) is 0.753. The predicted octanol–water partition coefficient (Wildman–Crippen LogP) is 4.25. The highest BCUT2D eigenvalue weighted by Gasteiger charge is 2.41. The van der Waals surface area contributed by atoms with Crippen LogP contribution in [0.1, 0.15) is 37.7 Å². The Labute approximate surface area is 157 Å². The summed E-state index contributed by atoms with van der Waals surface area (Å²) in [6, 6.07) is 11.9. The molecule has 0 aliphatic heterocycles. The number of nitrogens with zero attached hydrogens (tertiary/aromatic N) is 3. The number of benzene rings is 1. The van der Waals surface area contributed by atoms with E-state index in [4.69, 9.17) is 0 Å². The molecule has 0 radical (unpaired) electrons. The molecule has 27 heavy (non-hydrogen) atoms. The molecule has 138 valence electrons. The van der Waals surface area contributed by atoms with Crippen LogP contribution in [0, 0.1) is 5.82 Å². The lowest BCUT2D eigenvalue weighted by molar-refractivity contribution is -0.122. The third-order valence-corrected chi connectivity index (χ3v) is 5.26. The van der Waals surface area contributed by atoms with Gasteiger partial charge in [-0.1, -0.05) is 31.4 Å². The molecule has 1 aliphatic rings. The van der Waals surface area contributed by atoms with E-state index in [1.165, 1.54) is 12.1 Å². The fraction of sp³-hybridized carbons (Fsp3) is 0.286. The Bertz CT molecular complexity index is 916. The molecular weight excluding hydrogens is 343 g/mol. The Morgan fingerprint density at radius 2 is 1.96 bits per heavy atom. The number of pyridine rings is 1. The van der Waals surface area contributed by atoms with Gasteiger partial charge in [0.15, 0.2) is 5.82 Å². The van der Waals surface area contributed by atoms with Crippen LogP contribution < -0.4 is 5.32 Å². The van der Waals surface area contributed by atoms with Gasteiger partial charge < -0.3 is 5.32 Å². The summed E-state index contributed by atoms with van der Waals surface area (Å²) in [4.78, 5) is 17.6. The van der Waals surface area contributed by atoms with Crippen LogP contribution in [-0.4, -0.2) is 20.7 Å². The van der Waals surface area contributed by atoms with E-state index in [9.17, 15) is 9.18 Å². The third kappa shape index (κ3) is 3.47. The topological polar surface area (TPSA) is 59.8 Å². The molecule has 2 heterocycles. The molecule has 1 N–H and O–H groups in total. The van der Waals surface area contributed by atoms with Gasteiger partial charge in [-0.15, -0.1) is 0 Å². The number of halogens is 1. The number of amides is 1. The van der Waals surface area contributed by atoms with Gasteiger partial charge in [0.2, 0.25) is 5.91 Å². The van der Waals surface area contributed by atoms with Gasteiger partial charge in [-0.05, 0) is 48.7 Å². The molecule has 1 saturated carbocycles. The Morgan fingerprint density at radius 3 is 2.63 bits per heavy atom. The molecule has 0 spiro atoms. The number of anilines is 1. The van der Waals surface area contributed by atoms with E-state index in [-0.39, 0.29) is 11.7 Å². The van der Waals surface area contributed by atoms with Crippen LogP contribution in [0.3, 0.4) is 0 Å². The van der Waals surface area contributed by atoms with Crippen LogP contribution in [0.5, 0.6) is 0 Å². The third-order valence-electron chi connectivity index (χ3n) is 5.26. The van der Waals surface area contributed by atoms with Crippen molar-refractivity contribution < 1.29 is 9.18 Å². The molecule has 0 bridgehead atoms. The number of carbonyl (C=O) groups is 1. The minimum Gasteiger partial charge on any atom is -0.324 e. The van der Waals surface area contributed by atoms with Crippen molar-refractivity contribution >= 4 is 11.6 Å². The molecule has 4 rings (SSSR count). The molecule has 0 saturated heterocycles. The van der Waals surface area contributed by atoms with Crippen molar-refractivity contribution in [1.29, 1.82) is 0 Å². The summed E-state index contributed by atoms with van der Waals surface area (Å²) >= 11 is 0. The van der Waals surface area contributed by atoms with Gasteiger partial charge in [0.25, 0.3) is 0 Å². The number of aromatic nitrogens is 3. The van der Waals surface area contributed by atoms with Gasteiger partial charge >= 0.3 is 0 Å². The van der Waals surface area contributed by atoms with Crippen LogP contribution in [0.25, 0.3) is 5.82 Å². The molecule has 1 aliphatic carbocycles.